The third-order valence-corrected chi connectivity index (χ3v) is 3.73. The van der Waals surface area contributed by atoms with Crippen LogP contribution in [0.15, 0.2) is 37.2 Å². The Kier molecular flexibility index (Phi) is 3.02. The van der Waals surface area contributed by atoms with E-state index in [0.717, 1.165) is 23.1 Å². The van der Waals surface area contributed by atoms with Crippen LogP contribution in [-0.2, 0) is 7.05 Å². The molecule has 0 saturated carbocycles. The summed E-state index contributed by atoms with van der Waals surface area (Å²) in [6, 6.07) is 0. The molecule has 0 atom stereocenters. The number of aromatic nitrogens is 6. The van der Waals surface area contributed by atoms with E-state index in [2.05, 4.69) is 25.4 Å². The van der Waals surface area contributed by atoms with Crippen LogP contribution in [0, 0.1) is 11.6 Å². The van der Waals surface area contributed by atoms with Gasteiger partial charge in [-0.15, -0.1) is 5.10 Å². The number of anilines is 2. The third-order valence-electron chi connectivity index (χ3n) is 3.73. The molecule has 0 aliphatic rings. The number of imidazole rings is 1. The van der Waals surface area contributed by atoms with Crippen LogP contribution in [0.5, 0.6) is 0 Å². The van der Waals surface area contributed by atoms with Gasteiger partial charge < -0.3 is 15.6 Å². The second-order valence-electron chi connectivity index (χ2n) is 5.46. The molecule has 0 aliphatic heterocycles. The fourth-order valence-electron chi connectivity index (χ4n) is 2.56. The molecular weight excluding hydrogens is 358 g/mol. The SMILES string of the molecule is [2H]c1nc2c(C(=O)Nc3cncc(F)c3-c3c([2H])nc([2H])n3C)c(N)nn2cc1F. The minimum atomic E-state index is -0.959. The summed E-state index contributed by atoms with van der Waals surface area (Å²) in [5.41, 5.74) is 4.97. The predicted octanol–water partition coefficient (Wildman–Crippen LogP) is 1.64. The first-order valence-corrected chi connectivity index (χ1v) is 7.45. The Hall–Kier alpha value is -3.89. The average molecular weight is 373 g/mol. The van der Waals surface area contributed by atoms with Crippen molar-refractivity contribution in [3.05, 3.63) is 54.4 Å². The van der Waals surface area contributed by atoms with Gasteiger partial charge in [-0.25, -0.2) is 23.3 Å². The van der Waals surface area contributed by atoms with Crippen molar-refractivity contribution in [2.24, 2.45) is 7.05 Å². The number of nitrogens with two attached hydrogens (primary N) is 1. The molecule has 0 aliphatic carbocycles. The third kappa shape index (κ3) is 2.74. The van der Waals surface area contributed by atoms with Gasteiger partial charge in [0.2, 0.25) is 0 Å². The van der Waals surface area contributed by atoms with Crippen LogP contribution in [0.2, 0.25) is 0 Å². The quantitative estimate of drug-likeness (QED) is 0.564. The molecule has 0 bridgehead atoms. The number of halogens is 2. The molecule has 3 N–H and O–H groups in total. The standard InChI is InChI=1S/C16H12F2N8O/c1-25-7-21-5-11(25)12-9(18)3-20-4-10(12)23-16(27)13-14(19)24-26-6-8(17)2-22-15(13)26/h2-7H,1H3,(H2,19,24)(H,23,27)/i2D,5D,7D. The molecule has 4 aromatic heterocycles. The highest BCUT2D eigenvalue weighted by Crippen LogP contribution is 2.30. The summed E-state index contributed by atoms with van der Waals surface area (Å²) in [5, 5.41) is 6.22. The maximum atomic E-state index is 14.6. The molecular formula is C16H12F2N8O. The van der Waals surface area contributed by atoms with Crippen molar-refractivity contribution in [2.75, 3.05) is 11.1 Å². The fourth-order valence-corrected chi connectivity index (χ4v) is 2.56. The van der Waals surface area contributed by atoms with Crippen LogP contribution in [0.25, 0.3) is 16.9 Å². The molecule has 0 fully saturated rings. The minimum Gasteiger partial charge on any atom is -0.381 e. The van der Waals surface area contributed by atoms with Gasteiger partial charge in [0.15, 0.2) is 23.1 Å². The fraction of sp³-hybridized carbons (Fsp3) is 0.0625. The molecule has 9 nitrogen and oxygen atoms in total. The largest absolute Gasteiger partial charge is 0.381 e. The second kappa shape index (κ2) is 6.12. The van der Waals surface area contributed by atoms with E-state index in [1.165, 1.54) is 11.6 Å². The monoisotopic (exact) mass is 373 g/mol. The zero-order valence-electron chi connectivity index (χ0n) is 16.7. The first-order chi connectivity index (χ1) is 14.2. The van der Waals surface area contributed by atoms with Gasteiger partial charge in [-0.2, -0.15) is 0 Å². The van der Waals surface area contributed by atoms with E-state index in [1.807, 2.05) is 0 Å². The lowest BCUT2D eigenvalue weighted by molar-refractivity contribution is 0.102. The minimum absolute atomic E-state index is 0.0447. The maximum Gasteiger partial charge on any atom is 0.263 e. The van der Waals surface area contributed by atoms with Crippen LogP contribution in [-0.4, -0.2) is 35.0 Å². The lowest BCUT2D eigenvalue weighted by atomic mass is 10.1. The molecule has 0 aromatic carbocycles. The highest BCUT2D eigenvalue weighted by atomic mass is 19.1. The van der Waals surface area contributed by atoms with Gasteiger partial charge in [-0.05, 0) is 0 Å². The van der Waals surface area contributed by atoms with E-state index in [-0.39, 0.29) is 46.4 Å². The highest BCUT2D eigenvalue weighted by Gasteiger charge is 2.22. The molecule has 4 aromatic rings. The van der Waals surface area contributed by atoms with Gasteiger partial charge >= 0.3 is 0 Å². The van der Waals surface area contributed by atoms with Crippen LogP contribution in [0.3, 0.4) is 0 Å². The second-order valence-corrected chi connectivity index (χ2v) is 5.46. The lowest BCUT2D eigenvalue weighted by Crippen LogP contribution is -2.15. The zero-order valence-corrected chi connectivity index (χ0v) is 13.7. The van der Waals surface area contributed by atoms with E-state index in [0.29, 0.717) is 0 Å². The van der Waals surface area contributed by atoms with Crippen molar-refractivity contribution in [1.29, 1.82) is 0 Å². The van der Waals surface area contributed by atoms with Crippen molar-refractivity contribution >= 4 is 23.1 Å². The molecule has 11 heteroatoms. The molecule has 0 radical (unpaired) electrons. The number of nitrogens with zero attached hydrogens (tertiary/aromatic N) is 6. The number of fused-ring (bicyclic) bond motifs is 1. The first-order valence-electron chi connectivity index (χ1n) is 8.95. The Balaban J connectivity index is 1.83. The predicted molar refractivity (Wildman–Crippen MR) is 91.7 cm³/mol. The normalized spacial score (nSPS) is 12.6. The number of hydrogen-bond acceptors (Lipinski definition) is 6. The molecule has 0 unspecified atom stereocenters. The summed E-state index contributed by atoms with van der Waals surface area (Å²) in [6.07, 6.45) is 1.55. The van der Waals surface area contributed by atoms with Crippen molar-refractivity contribution < 1.29 is 17.7 Å². The topological polar surface area (TPSA) is 116 Å². The van der Waals surface area contributed by atoms with Gasteiger partial charge in [0.1, 0.15) is 6.93 Å². The van der Waals surface area contributed by atoms with E-state index in [1.54, 1.807) is 0 Å². The van der Waals surface area contributed by atoms with E-state index >= 15 is 0 Å². The summed E-state index contributed by atoms with van der Waals surface area (Å²) in [7, 11) is 1.42. The van der Waals surface area contributed by atoms with Crippen LogP contribution in [0.4, 0.5) is 20.3 Å². The molecule has 27 heavy (non-hydrogen) atoms. The molecule has 1 amide bonds. The molecule has 0 spiro atoms. The van der Waals surface area contributed by atoms with Crippen molar-refractivity contribution in [1.82, 2.24) is 29.1 Å². The Labute approximate surface area is 154 Å². The van der Waals surface area contributed by atoms with Gasteiger partial charge in [-0.1, -0.05) is 0 Å². The Morgan fingerprint density at radius 2 is 2.11 bits per heavy atom. The van der Waals surface area contributed by atoms with E-state index < -0.39 is 23.7 Å². The number of amides is 1. The van der Waals surface area contributed by atoms with Crippen LogP contribution >= 0.6 is 0 Å². The van der Waals surface area contributed by atoms with Gasteiger partial charge in [0.05, 0.1) is 56.9 Å². The lowest BCUT2D eigenvalue weighted by Gasteiger charge is -2.11. The van der Waals surface area contributed by atoms with Crippen molar-refractivity contribution in [3.8, 4) is 11.3 Å². The number of carbonyl (C=O) groups is 1. The molecule has 4 heterocycles. The summed E-state index contributed by atoms with van der Waals surface area (Å²) in [6.45, 7) is 0. The smallest absolute Gasteiger partial charge is 0.263 e. The summed E-state index contributed by atoms with van der Waals surface area (Å²) in [5.74, 6) is -2.97. The van der Waals surface area contributed by atoms with E-state index in [4.69, 9.17) is 9.85 Å². The Morgan fingerprint density at radius 1 is 1.30 bits per heavy atom. The Morgan fingerprint density at radius 3 is 2.85 bits per heavy atom. The summed E-state index contributed by atoms with van der Waals surface area (Å²) < 4.78 is 53.4. The van der Waals surface area contributed by atoms with Gasteiger partial charge in [0.25, 0.3) is 5.91 Å². The molecule has 136 valence electrons. The van der Waals surface area contributed by atoms with Crippen LogP contribution < -0.4 is 11.1 Å². The van der Waals surface area contributed by atoms with E-state index in [9.17, 15) is 13.6 Å². The highest BCUT2D eigenvalue weighted by molar-refractivity contribution is 6.12. The average Bonchev–Trinajstić information content (AvgIpc) is 3.11. The van der Waals surface area contributed by atoms with Gasteiger partial charge in [0, 0.05) is 7.05 Å². The van der Waals surface area contributed by atoms with Crippen molar-refractivity contribution in [2.45, 2.75) is 0 Å². The van der Waals surface area contributed by atoms with Crippen LogP contribution in [0.1, 0.15) is 14.5 Å². The number of rotatable bonds is 3. The van der Waals surface area contributed by atoms with Crippen molar-refractivity contribution in [3.63, 3.8) is 0 Å². The Bertz CT molecular complexity index is 1340. The number of nitrogen functional groups attached to an aromatic ring is 1. The maximum absolute atomic E-state index is 14.6. The number of nitrogens with one attached hydrogen (secondary N) is 1. The van der Waals surface area contributed by atoms with Gasteiger partial charge in [-0.3, -0.25) is 9.78 Å². The molecule has 0 saturated heterocycles. The molecule has 4 rings (SSSR count). The number of carbonyl (C=O) groups excluding carboxylic acids is 1. The number of hydrogen-bond donors (Lipinski definition) is 2. The zero-order chi connectivity index (χ0) is 21.7. The first kappa shape index (κ1) is 13.3. The summed E-state index contributed by atoms with van der Waals surface area (Å²) in [4.78, 5) is 23.9. The summed E-state index contributed by atoms with van der Waals surface area (Å²) >= 11 is 0. The number of pyridine rings is 1.